The Morgan fingerprint density at radius 3 is 2.86 bits per heavy atom. The zero-order chi connectivity index (χ0) is 10.1. The highest BCUT2D eigenvalue weighted by Crippen LogP contribution is 2.27. The van der Waals surface area contributed by atoms with Crippen LogP contribution in [0.15, 0.2) is 31.1 Å². The van der Waals surface area contributed by atoms with Gasteiger partial charge in [-0.15, -0.1) is 0 Å². The molecule has 14 heavy (non-hydrogen) atoms. The molecule has 0 saturated carbocycles. The number of thioether (sulfide) groups is 1. The second-order valence-electron chi connectivity index (χ2n) is 2.51. The van der Waals surface area contributed by atoms with E-state index in [0.717, 1.165) is 11.8 Å². The summed E-state index contributed by atoms with van der Waals surface area (Å²) < 4.78 is 5.83. The van der Waals surface area contributed by atoms with Crippen LogP contribution >= 0.6 is 27.7 Å². The summed E-state index contributed by atoms with van der Waals surface area (Å²) in [5, 5.41) is 0.270. The van der Waals surface area contributed by atoms with Crippen LogP contribution in [-0.4, -0.2) is 11.1 Å². The van der Waals surface area contributed by atoms with Gasteiger partial charge in [-0.2, -0.15) is 4.99 Å². The molecule has 0 fully saturated rings. The fourth-order valence-electron chi connectivity index (χ4n) is 0.961. The molecule has 72 valence electrons. The fourth-order valence-corrected chi connectivity index (χ4v) is 1.94. The third-order valence-corrected chi connectivity index (χ3v) is 2.74. The molecule has 1 amide bonds. The number of carbonyl (C=O) groups is 1. The lowest BCUT2D eigenvalue weighted by atomic mass is 10.4. The zero-order valence-corrected chi connectivity index (χ0v) is 9.26. The summed E-state index contributed by atoms with van der Waals surface area (Å²) in [4.78, 5) is 15.2. The molecule has 0 bridgehead atoms. The minimum Gasteiger partial charge on any atom is -0.450 e. The molecule has 2 heterocycles. The molecule has 0 aromatic carbocycles. The Kier molecular flexibility index (Phi) is 2.47. The molecule has 1 aromatic heterocycles. The van der Waals surface area contributed by atoms with Crippen molar-refractivity contribution in [2.75, 3.05) is 0 Å². The van der Waals surface area contributed by atoms with Gasteiger partial charge in [-0.25, -0.2) is 0 Å². The quantitative estimate of drug-likeness (QED) is 0.794. The number of hydrogen-bond acceptors (Lipinski definition) is 4. The molecule has 1 aliphatic heterocycles. The van der Waals surface area contributed by atoms with Gasteiger partial charge in [-0.05, 0) is 39.8 Å². The molecule has 0 spiro atoms. The van der Waals surface area contributed by atoms with Crippen molar-refractivity contribution in [3.8, 4) is 0 Å². The highest BCUT2D eigenvalue weighted by atomic mass is 79.9. The van der Waals surface area contributed by atoms with Gasteiger partial charge in [0, 0.05) is 6.08 Å². The summed E-state index contributed by atoms with van der Waals surface area (Å²) >= 11 is 4.31. The minimum atomic E-state index is -0.319. The van der Waals surface area contributed by atoms with Crippen LogP contribution in [0.5, 0.6) is 0 Å². The van der Waals surface area contributed by atoms with E-state index < -0.39 is 0 Å². The largest absolute Gasteiger partial charge is 0.450 e. The van der Waals surface area contributed by atoms with Crippen LogP contribution in [0.2, 0.25) is 0 Å². The first-order chi connectivity index (χ1) is 6.65. The van der Waals surface area contributed by atoms with Gasteiger partial charge in [0.25, 0.3) is 5.91 Å². The lowest BCUT2D eigenvalue weighted by Crippen LogP contribution is -2.01. The van der Waals surface area contributed by atoms with E-state index in [9.17, 15) is 4.79 Å². The number of rotatable bonds is 1. The van der Waals surface area contributed by atoms with E-state index in [-0.39, 0.29) is 11.1 Å². The molecule has 0 aliphatic carbocycles. The maximum Gasteiger partial charge on any atom is 0.286 e. The molecular weight excluding hydrogens is 268 g/mol. The van der Waals surface area contributed by atoms with Crippen LogP contribution in [0, 0.1) is 0 Å². The van der Waals surface area contributed by atoms with Crippen LogP contribution in [0.25, 0.3) is 6.08 Å². The molecule has 2 rings (SSSR count). The van der Waals surface area contributed by atoms with Crippen molar-refractivity contribution >= 4 is 44.8 Å². The summed E-state index contributed by atoms with van der Waals surface area (Å²) in [5.74, 6) is 0.276. The van der Waals surface area contributed by atoms with Gasteiger partial charge in [0.2, 0.25) is 0 Å². The number of amides is 1. The first-order valence-electron chi connectivity index (χ1n) is 3.68. The van der Waals surface area contributed by atoms with Crippen molar-refractivity contribution < 1.29 is 9.21 Å². The molecule has 0 unspecified atom stereocenters. The van der Waals surface area contributed by atoms with Crippen LogP contribution in [0.3, 0.4) is 0 Å². The molecule has 0 atom stereocenters. The molecule has 6 heteroatoms. The predicted octanol–water partition coefficient (Wildman–Crippen LogP) is 1.97. The Labute approximate surface area is 92.4 Å². The molecule has 0 saturated heterocycles. The first kappa shape index (κ1) is 9.54. The Morgan fingerprint density at radius 1 is 1.57 bits per heavy atom. The topological polar surface area (TPSA) is 68.6 Å². The van der Waals surface area contributed by atoms with Crippen molar-refractivity contribution in [3.05, 3.63) is 27.5 Å². The maximum absolute atomic E-state index is 11.2. The number of furan rings is 1. The highest BCUT2D eigenvalue weighted by Gasteiger charge is 2.19. The second-order valence-corrected chi connectivity index (χ2v) is 4.35. The molecular formula is C8H5BrN2O2S. The summed E-state index contributed by atoms with van der Waals surface area (Å²) in [5.41, 5.74) is 5.39. The van der Waals surface area contributed by atoms with Crippen LogP contribution in [-0.2, 0) is 4.79 Å². The summed E-state index contributed by atoms with van der Waals surface area (Å²) in [6.45, 7) is 0. The zero-order valence-electron chi connectivity index (χ0n) is 6.86. The monoisotopic (exact) mass is 272 g/mol. The predicted molar refractivity (Wildman–Crippen MR) is 58.6 cm³/mol. The van der Waals surface area contributed by atoms with Crippen molar-refractivity contribution in [3.63, 3.8) is 0 Å². The maximum atomic E-state index is 11.2. The Morgan fingerprint density at radius 2 is 2.36 bits per heavy atom. The molecule has 4 nitrogen and oxygen atoms in total. The second kappa shape index (κ2) is 3.62. The summed E-state index contributed by atoms with van der Waals surface area (Å²) in [6.07, 6.45) is 1.61. The number of halogens is 1. The SMILES string of the molecule is NC1=NC(=O)/C(=C\c2ccc(Br)o2)S1. The number of carbonyl (C=O) groups excluding carboxylic acids is 1. The molecule has 0 radical (unpaired) electrons. The van der Waals surface area contributed by atoms with Crippen LogP contribution in [0.4, 0.5) is 0 Å². The third kappa shape index (κ3) is 1.91. The van der Waals surface area contributed by atoms with E-state index in [0.29, 0.717) is 15.3 Å². The van der Waals surface area contributed by atoms with E-state index in [1.807, 2.05) is 0 Å². The minimum absolute atomic E-state index is 0.270. The molecule has 1 aromatic rings. The van der Waals surface area contributed by atoms with Crippen LogP contribution < -0.4 is 5.73 Å². The third-order valence-electron chi connectivity index (χ3n) is 1.50. The summed E-state index contributed by atoms with van der Waals surface area (Å²) in [6, 6.07) is 3.50. The first-order valence-corrected chi connectivity index (χ1v) is 5.29. The number of nitrogens with two attached hydrogens (primary N) is 1. The Bertz CT molecular complexity index is 450. The van der Waals surface area contributed by atoms with E-state index in [2.05, 4.69) is 20.9 Å². The Hall–Kier alpha value is -1.01. The van der Waals surface area contributed by atoms with Gasteiger partial charge < -0.3 is 10.2 Å². The number of amidine groups is 1. The fraction of sp³-hybridized carbons (Fsp3) is 0. The van der Waals surface area contributed by atoms with Gasteiger partial charge >= 0.3 is 0 Å². The van der Waals surface area contributed by atoms with Crippen LogP contribution in [0.1, 0.15) is 5.76 Å². The number of nitrogens with zero attached hydrogens (tertiary/aromatic N) is 1. The number of aliphatic imine (C=N–C) groups is 1. The van der Waals surface area contributed by atoms with Crippen molar-refractivity contribution in [2.24, 2.45) is 10.7 Å². The smallest absolute Gasteiger partial charge is 0.286 e. The number of hydrogen-bond donors (Lipinski definition) is 1. The van der Waals surface area contributed by atoms with Gasteiger partial charge in [-0.3, -0.25) is 4.79 Å². The van der Waals surface area contributed by atoms with Crippen molar-refractivity contribution in [1.82, 2.24) is 0 Å². The van der Waals surface area contributed by atoms with Crippen molar-refractivity contribution in [2.45, 2.75) is 0 Å². The Balaban J connectivity index is 2.25. The van der Waals surface area contributed by atoms with Gasteiger partial charge in [0.1, 0.15) is 5.76 Å². The normalized spacial score (nSPS) is 19.1. The van der Waals surface area contributed by atoms with Gasteiger partial charge in [-0.1, -0.05) is 0 Å². The molecule has 1 aliphatic rings. The van der Waals surface area contributed by atoms with Crippen molar-refractivity contribution in [1.29, 1.82) is 0 Å². The average Bonchev–Trinajstić information content (AvgIpc) is 2.61. The van der Waals surface area contributed by atoms with E-state index >= 15 is 0 Å². The highest BCUT2D eigenvalue weighted by molar-refractivity contribution is 9.10. The van der Waals surface area contributed by atoms with Gasteiger partial charge in [0.15, 0.2) is 9.84 Å². The van der Waals surface area contributed by atoms with Gasteiger partial charge in [0.05, 0.1) is 4.91 Å². The lowest BCUT2D eigenvalue weighted by molar-refractivity contribution is -0.113. The lowest BCUT2D eigenvalue weighted by Gasteiger charge is -1.89. The summed E-state index contributed by atoms with van der Waals surface area (Å²) in [7, 11) is 0. The molecule has 2 N–H and O–H groups in total. The van der Waals surface area contributed by atoms with E-state index in [1.54, 1.807) is 18.2 Å². The van der Waals surface area contributed by atoms with E-state index in [1.165, 1.54) is 0 Å². The standard InChI is InChI=1S/C8H5BrN2O2S/c9-6-2-1-4(13-6)3-5-7(12)11-8(10)14-5/h1-3H,(H2,10,11,12)/b5-3+. The van der Waals surface area contributed by atoms with E-state index in [4.69, 9.17) is 10.2 Å². The average molecular weight is 273 g/mol.